The van der Waals surface area contributed by atoms with Crippen LogP contribution in [0.2, 0.25) is 0 Å². The highest BCUT2D eigenvalue weighted by molar-refractivity contribution is 5.34. The predicted molar refractivity (Wildman–Crippen MR) is 50.6 cm³/mol. The molecular formula is C10H15NO. The Morgan fingerprint density at radius 2 is 2.17 bits per heavy atom. The smallest absolute Gasteiger partial charge is 0.0603 e. The van der Waals surface area contributed by atoms with Gasteiger partial charge in [0.25, 0.3) is 0 Å². The minimum Gasteiger partial charge on any atom is -0.395 e. The van der Waals surface area contributed by atoms with E-state index in [1.54, 1.807) is 0 Å². The van der Waals surface area contributed by atoms with Gasteiger partial charge >= 0.3 is 0 Å². The normalized spacial score (nSPS) is 21.2. The van der Waals surface area contributed by atoms with Crippen molar-refractivity contribution in [2.75, 3.05) is 13.2 Å². The average Bonchev–Trinajstić information content (AvgIpc) is 2.09. The van der Waals surface area contributed by atoms with Crippen molar-refractivity contribution in [3.8, 4) is 0 Å². The molecule has 0 unspecified atom stereocenters. The van der Waals surface area contributed by atoms with Crippen LogP contribution in [-0.4, -0.2) is 18.3 Å². The Morgan fingerprint density at radius 3 is 2.75 bits per heavy atom. The number of hydrogen-bond acceptors (Lipinski definition) is 2. The zero-order valence-electron chi connectivity index (χ0n) is 7.33. The molecule has 1 rings (SSSR count). The van der Waals surface area contributed by atoms with E-state index in [2.05, 4.69) is 36.5 Å². The lowest BCUT2D eigenvalue weighted by molar-refractivity contribution is 0.298. The van der Waals surface area contributed by atoms with Gasteiger partial charge < -0.3 is 10.4 Å². The van der Waals surface area contributed by atoms with Gasteiger partial charge in [0.05, 0.1) is 6.61 Å². The summed E-state index contributed by atoms with van der Waals surface area (Å²) in [5.41, 5.74) is 1.15. The lowest BCUT2D eigenvalue weighted by atomic mass is 10.0. The molecule has 12 heavy (non-hydrogen) atoms. The lowest BCUT2D eigenvalue weighted by Gasteiger charge is -2.06. The number of nitrogens with one attached hydrogen (secondary N) is 1. The number of aliphatic hydroxyl groups excluding tert-OH is 1. The summed E-state index contributed by atoms with van der Waals surface area (Å²) in [7, 11) is 0. The summed E-state index contributed by atoms with van der Waals surface area (Å²) in [4.78, 5) is 0. The van der Waals surface area contributed by atoms with Crippen molar-refractivity contribution >= 4 is 0 Å². The Kier molecular flexibility index (Phi) is 3.61. The molecule has 1 aliphatic rings. The molecule has 0 aromatic rings. The Bertz CT molecular complexity index is 200. The van der Waals surface area contributed by atoms with E-state index in [9.17, 15) is 0 Å². The quantitative estimate of drug-likeness (QED) is 0.616. The molecular weight excluding hydrogens is 150 g/mol. The summed E-state index contributed by atoms with van der Waals surface area (Å²) in [6.45, 7) is 2.93. The molecule has 0 radical (unpaired) electrons. The van der Waals surface area contributed by atoms with Crippen LogP contribution in [0.1, 0.15) is 6.92 Å². The first-order valence-electron chi connectivity index (χ1n) is 4.24. The average molecular weight is 165 g/mol. The lowest BCUT2D eigenvalue weighted by Crippen LogP contribution is -2.11. The predicted octanol–water partition coefficient (Wildman–Crippen LogP) is 1.21. The monoisotopic (exact) mass is 165 g/mol. The minimum atomic E-state index is 0.174. The summed E-state index contributed by atoms with van der Waals surface area (Å²) in [6, 6.07) is 0. The van der Waals surface area contributed by atoms with Crippen LogP contribution in [0.4, 0.5) is 0 Å². The topological polar surface area (TPSA) is 32.3 Å². The Labute approximate surface area is 73.3 Å². The first-order valence-corrected chi connectivity index (χ1v) is 4.24. The fourth-order valence-corrected chi connectivity index (χ4v) is 0.996. The van der Waals surface area contributed by atoms with Crippen molar-refractivity contribution in [2.45, 2.75) is 6.92 Å². The molecule has 0 fully saturated rings. The fraction of sp³-hybridized carbons (Fsp3) is 0.400. The molecule has 0 amide bonds. The third kappa shape index (κ3) is 2.93. The second-order valence-corrected chi connectivity index (χ2v) is 2.90. The van der Waals surface area contributed by atoms with Crippen molar-refractivity contribution in [1.82, 2.24) is 5.32 Å². The molecule has 0 atom stereocenters. The summed E-state index contributed by atoms with van der Waals surface area (Å²) in [6.07, 6.45) is 10.4. The highest BCUT2D eigenvalue weighted by Crippen LogP contribution is 2.11. The van der Waals surface area contributed by atoms with Gasteiger partial charge in [-0.1, -0.05) is 31.2 Å². The van der Waals surface area contributed by atoms with Crippen molar-refractivity contribution in [2.24, 2.45) is 5.92 Å². The molecule has 0 bridgehead atoms. The molecule has 2 N–H and O–H groups in total. The van der Waals surface area contributed by atoms with Gasteiger partial charge in [-0.3, -0.25) is 0 Å². The molecule has 66 valence electrons. The van der Waals surface area contributed by atoms with Gasteiger partial charge in [0.2, 0.25) is 0 Å². The van der Waals surface area contributed by atoms with Gasteiger partial charge in [0.1, 0.15) is 0 Å². The third-order valence-corrected chi connectivity index (χ3v) is 1.71. The number of aliphatic hydroxyl groups is 1. The van der Waals surface area contributed by atoms with Crippen LogP contribution in [0.5, 0.6) is 0 Å². The van der Waals surface area contributed by atoms with Gasteiger partial charge in [0.15, 0.2) is 0 Å². The molecule has 0 aliphatic heterocycles. The second kappa shape index (κ2) is 4.78. The van der Waals surface area contributed by atoms with Crippen LogP contribution in [0, 0.1) is 5.92 Å². The summed E-state index contributed by atoms with van der Waals surface area (Å²) in [5.74, 6) is 0.542. The van der Waals surface area contributed by atoms with E-state index in [1.165, 1.54) is 0 Å². The van der Waals surface area contributed by atoms with Gasteiger partial charge in [-0.25, -0.2) is 0 Å². The maximum absolute atomic E-state index is 8.51. The fourth-order valence-electron chi connectivity index (χ4n) is 0.996. The van der Waals surface area contributed by atoms with Crippen molar-refractivity contribution < 1.29 is 5.11 Å². The van der Waals surface area contributed by atoms with Gasteiger partial charge in [-0.2, -0.15) is 0 Å². The Balaban J connectivity index is 2.38. The molecule has 0 saturated heterocycles. The van der Waals surface area contributed by atoms with Crippen LogP contribution < -0.4 is 5.32 Å². The first-order chi connectivity index (χ1) is 5.83. The van der Waals surface area contributed by atoms with Crippen molar-refractivity contribution in [3.63, 3.8) is 0 Å². The van der Waals surface area contributed by atoms with E-state index in [1.807, 2.05) is 6.20 Å². The zero-order valence-corrected chi connectivity index (χ0v) is 7.33. The van der Waals surface area contributed by atoms with E-state index in [-0.39, 0.29) is 6.61 Å². The first kappa shape index (κ1) is 9.07. The van der Waals surface area contributed by atoms with E-state index < -0.39 is 0 Å². The number of rotatable bonds is 3. The Morgan fingerprint density at radius 1 is 1.50 bits per heavy atom. The van der Waals surface area contributed by atoms with Crippen molar-refractivity contribution in [3.05, 3.63) is 36.1 Å². The summed E-state index contributed by atoms with van der Waals surface area (Å²) >= 11 is 0. The van der Waals surface area contributed by atoms with E-state index in [0.29, 0.717) is 12.5 Å². The zero-order chi connectivity index (χ0) is 8.81. The second-order valence-electron chi connectivity index (χ2n) is 2.90. The van der Waals surface area contributed by atoms with Crippen LogP contribution >= 0.6 is 0 Å². The Hall–Kier alpha value is -1.02. The van der Waals surface area contributed by atoms with Gasteiger partial charge in [-0.05, 0) is 11.5 Å². The van der Waals surface area contributed by atoms with Crippen LogP contribution in [0.3, 0.4) is 0 Å². The van der Waals surface area contributed by atoms with Crippen LogP contribution in [0.25, 0.3) is 0 Å². The van der Waals surface area contributed by atoms with E-state index in [4.69, 9.17) is 5.11 Å². The molecule has 0 aromatic carbocycles. The SMILES string of the molecule is CC1C=CC(=CNCCO)C=C1. The third-order valence-electron chi connectivity index (χ3n) is 1.71. The molecule has 2 heteroatoms. The molecule has 0 saturated carbocycles. The van der Waals surface area contributed by atoms with E-state index >= 15 is 0 Å². The summed E-state index contributed by atoms with van der Waals surface area (Å²) < 4.78 is 0. The minimum absolute atomic E-state index is 0.174. The van der Waals surface area contributed by atoms with Crippen molar-refractivity contribution in [1.29, 1.82) is 0 Å². The number of allylic oxidation sites excluding steroid dienone is 5. The van der Waals surface area contributed by atoms with Gasteiger partial charge in [-0.15, -0.1) is 0 Å². The van der Waals surface area contributed by atoms with Crippen LogP contribution in [-0.2, 0) is 0 Å². The highest BCUT2D eigenvalue weighted by atomic mass is 16.3. The highest BCUT2D eigenvalue weighted by Gasteiger charge is 1.96. The molecule has 2 nitrogen and oxygen atoms in total. The molecule has 0 aromatic heterocycles. The largest absolute Gasteiger partial charge is 0.395 e. The maximum atomic E-state index is 8.51. The molecule has 0 spiro atoms. The number of hydrogen-bond donors (Lipinski definition) is 2. The molecule has 1 aliphatic carbocycles. The standard InChI is InChI=1S/C10H15NO/c1-9-2-4-10(5-3-9)8-11-6-7-12/h2-5,8-9,11-12H,6-7H2,1H3. The summed E-state index contributed by atoms with van der Waals surface area (Å²) in [5, 5.41) is 11.5. The van der Waals surface area contributed by atoms with E-state index in [0.717, 1.165) is 5.57 Å². The maximum Gasteiger partial charge on any atom is 0.0603 e. The van der Waals surface area contributed by atoms with Crippen LogP contribution in [0.15, 0.2) is 36.1 Å². The van der Waals surface area contributed by atoms with Gasteiger partial charge in [0, 0.05) is 12.7 Å². The molecule has 0 heterocycles.